The Labute approximate surface area is 131 Å². The van der Waals surface area contributed by atoms with E-state index in [9.17, 15) is 14.4 Å². The second-order valence-corrected chi connectivity index (χ2v) is 6.69. The van der Waals surface area contributed by atoms with Crippen LogP contribution in [-0.2, 0) is 14.4 Å². The van der Waals surface area contributed by atoms with Crippen molar-refractivity contribution in [1.29, 1.82) is 0 Å². The molecule has 1 atom stereocenters. The predicted octanol–water partition coefficient (Wildman–Crippen LogP) is 0.374. The van der Waals surface area contributed by atoms with Gasteiger partial charge in [-0.15, -0.1) is 0 Å². The Balaban J connectivity index is 1.48. The molecule has 1 aliphatic carbocycles. The molecule has 3 aliphatic rings. The summed E-state index contributed by atoms with van der Waals surface area (Å²) < 4.78 is 0. The molecule has 2 saturated heterocycles. The number of nitrogens with one attached hydrogen (secondary N) is 1. The number of hydrogen-bond donors (Lipinski definition) is 1. The molecule has 1 saturated carbocycles. The van der Waals surface area contributed by atoms with Crippen LogP contribution < -0.4 is 5.32 Å². The molecule has 0 aromatic heterocycles. The van der Waals surface area contributed by atoms with Crippen LogP contribution in [0.1, 0.15) is 38.5 Å². The molecular weight excluding hydrogens is 282 g/mol. The van der Waals surface area contributed by atoms with Crippen LogP contribution >= 0.6 is 0 Å². The summed E-state index contributed by atoms with van der Waals surface area (Å²) >= 11 is 0. The van der Waals surface area contributed by atoms with Crippen LogP contribution in [0.15, 0.2) is 0 Å². The van der Waals surface area contributed by atoms with Gasteiger partial charge in [0.15, 0.2) is 0 Å². The molecule has 122 valence electrons. The fourth-order valence-corrected chi connectivity index (χ4v) is 3.79. The van der Waals surface area contributed by atoms with Gasteiger partial charge in [0.2, 0.25) is 17.7 Å². The largest absolute Gasteiger partial charge is 0.355 e. The number of rotatable bonds is 2. The normalized spacial score (nSPS) is 26.9. The Morgan fingerprint density at radius 3 is 1.91 bits per heavy atom. The molecule has 0 bridgehead atoms. The second kappa shape index (κ2) is 6.67. The van der Waals surface area contributed by atoms with Gasteiger partial charge in [-0.2, -0.15) is 0 Å². The summed E-state index contributed by atoms with van der Waals surface area (Å²) in [5.41, 5.74) is 0. The minimum absolute atomic E-state index is 0.0375. The molecule has 0 radical (unpaired) electrons. The highest BCUT2D eigenvalue weighted by Gasteiger charge is 2.34. The van der Waals surface area contributed by atoms with Crippen molar-refractivity contribution in [3.05, 3.63) is 0 Å². The van der Waals surface area contributed by atoms with Gasteiger partial charge in [-0.25, -0.2) is 0 Å². The van der Waals surface area contributed by atoms with E-state index in [0.717, 1.165) is 25.7 Å². The quantitative estimate of drug-likeness (QED) is 0.801. The molecule has 6 heteroatoms. The minimum Gasteiger partial charge on any atom is -0.355 e. The van der Waals surface area contributed by atoms with Gasteiger partial charge in [0.25, 0.3) is 0 Å². The minimum atomic E-state index is -0.215. The monoisotopic (exact) mass is 307 g/mol. The fourth-order valence-electron chi connectivity index (χ4n) is 3.79. The summed E-state index contributed by atoms with van der Waals surface area (Å²) in [5, 5.41) is 2.71. The number of carbonyl (C=O) groups excluding carboxylic acids is 3. The molecule has 1 N–H and O–H groups in total. The maximum Gasteiger partial charge on any atom is 0.228 e. The third-order valence-electron chi connectivity index (χ3n) is 5.18. The SMILES string of the molecule is O=C1CC(C(=O)N2CCN(C(=O)C3CCCCC3)CC2)CN1. The number of carbonyl (C=O) groups is 3. The van der Waals surface area contributed by atoms with E-state index in [4.69, 9.17) is 0 Å². The summed E-state index contributed by atoms with van der Waals surface area (Å²) in [5.74, 6) is 0.290. The van der Waals surface area contributed by atoms with Crippen molar-refractivity contribution < 1.29 is 14.4 Å². The molecular formula is C16H25N3O3. The molecule has 0 aromatic carbocycles. The molecule has 22 heavy (non-hydrogen) atoms. The van der Waals surface area contributed by atoms with Gasteiger partial charge < -0.3 is 15.1 Å². The van der Waals surface area contributed by atoms with Gasteiger partial charge >= 0.3 is 0 Å². The van der Waals surface area contributed by atoms with Crippen molar-refractivity contribution in [2.75, 3.05) is 32.7 Å². The van der Waals surface area contributed by atoms with Gasteiger partial charge in [0.05, 0.1) is 5.92 Å². The second-order valence-electron chi connectivity index (χ2n) is 6.69. The van der Waals surface area contributed by atoms with Crippen LogP contribution in [0.25, 0.3) is 0 Å². The van der Waals surface area contributed by atoms with Gasteiger partial charge in [0.1, 0.15) is 0 Å². The van der Waals surface area contributed by atoms with E-state index in [1.807, 2.05) is 9.80 Å². The Morgan fingerprint density at radius 1 is 0.864 bits per heavy atom. The lowest BCUT2D eigenvalue weighted by Crippen LogP contribution is -2.53. The Morgan fingerprint density at radius 2 is 1.41 bits per heavy atom. The number of piperazine rings is 1. The maximum atomic E-state index is 12.5. The van der Waals surface area contributed by atoms with E-state index in [-0.39, 0.29) is 29.6 Å². The molecule has 2 aliphatic heterocycles. The highest BCUT2D eigenvalue weighted by Crippen LogP contribution is 2.26. The van der Waals surface area contributed by atoms with Crippen LogP contribution in [0.5, 0.6) is 0 Å². The van der Waals surface area contributed by atoms with E-state index >= 15 is 0 Å². The molecule has 3 rings (SSSR count). The van der Waals surface area contributed by atoms with E-state index < -0.39 is 0 Å². The Bertz CT molecular complexity index is 452. The van der Waals surface area contributed by atoms with Gasteiger partial charge in [-0.05, 0) is 12.8 Å². The van der Waals surface area contributed by atoms with E-state index in [2.05, 4.69) is 5.32 Å². The predicted molar refractivity (Wildman–Crippen MR) is 80.9 cm³/mol. The topological polar surface area (TPSA) is 69.7 Å². The zero-order valence-electron chi connectivity index (χ0n) is 13.1. The summed E-state index contributed by atoms with van der Waals surface area (Å²) in [6.07, 6.45) is 5.93. The van der Waals surface area contributed by atoms with Crippen LogP contribution in [0.3, 0.4) is 0 Å². The molecule has 0 spiro atoms. The lowest BCUT2D eigenvalue weighted by Gasteiger charge is -2.37. The molecule has 3 fully saturated rings. The van der Waals surface area contributed by atoms with Crippen LogP contribution in [-0.4, -0.2) is 60.2 Å². The Hall–Kier alpha value is -1.59. The van der Waals surface area contributed by atoms with Crippen molar-refractivity contribution in [2.24, 2.45) is 11.8 Å². The van der Waals surface area contributed by atoms with Crippen LogP contribution in [0, 0.1) is 11.8 Å². The first kappa shape index (κ1) is 15.3. The lowest BCUT2D eigenvalue weighted by molar-refractivity contribution is -0.144. The number of nitrogens with zero attached hydrogens (tertiary/aromatic N) is 2. The fraction of sp³-hybridized carbons (Fsp3) is 0.812. The smallest absolute Gasteiger partial charge is 0.228 e. The van der Waals surface area contributed by atoms with Crippen LogP contribution in [0.2, 0.25) is 0 Å². The molecule has 0 aromatic rings. The summed E-state index contributed by atoms with van der Waals surface area (Å²) in [4.78, 5) is 39.8. The van der Waals surface area contributed by atoms with E-state index in [1.54, 1.807) is 0 Å². The third-order valence-corrected chi connectivity index (χ3v) is 5.18. The first-order valence-electron chi connectivity index (χ1n) is 8.49. The summed E-state index contributed by atoms with van der Waals surface area (Å²) in [6, 6.07) is 0. The van der Waals surface area contributed by atoms with Gasteiger partial charge in [-0.3, -0.25) is 14.4 Å². The Kier molecular flexibility index (Phi) is 4.64. The van der Waals surface area contributed by atoms with E-state index in [1.165, 1.54) is 6.42 Å². The maximum absolute atomic E-state index is 12.5. The zero-order valence-corrected chi connectivity index (χ0v) is 13.1. The van der Waals surface area contributed by atoms with Crippen molar-refractivity contribution in [3.63, 3.8) is 0 Å². The molecule has 1 unspecified atom stereocenters. The van der Waals surface area contributed by atoms with Crippen molar-refractivity contribution in [1.82, 2.24) is 15.1 Å². The lowest BCUT2D eigenvalue weighted by atomic mass is 9.88. The summed E-state index contributed by atoms with van der Waals surface area (Å²) in [6.45, 7) is 2.92. The number of amides is 3. The summed E-state index contributed by atoms with van der Waals surface area (Å²) in [7, 11) is 0. The highest BCUT2D eigenvalue weighted by molar-refractivity contribution is 5.89. The molecule has 3 amide bonds. The molecule has 6 nitrogen and oxygen atoms in total. The first-order valence-corrected chi connectivity index (χ1v) is 8.49. The van der Waals surface area contributed by atoms with Crippen molar-refractivity contribution >= 4 is 17.7 Å². The zero-order chi connectivity index (χ0) is 15.5. The van der Waals surface area contributed by atoms with Gasteiger partial charge in [-0.1, -0.05) is 19.3 Å². The number of hydrogen-bond acceptors (Lipinski definition) is 3. The third kappa shape index (κ3) is 3.25. The van der Waals surface area contributed by atoms with Crippen LogP contribution in [0.4, 0.5) is 0 Å². The van der Waals surface area contributed by atoms with Gasteiger partial charge in [0, 0.05) is 45.1 Å². The average Bonchev–Trinajstić information content (AvgIpc) is 3.01. The highest BCUT2D eigenvalue weighted by atomic mass is 16.2. The van der Waals surface area contributed by atoms with Crippen molar-refractivity contribution in [3.8, 4) is 0 Å². The molecule has 2 heterocycles. The standard InChI is InChI=1S/C16H25N3O3/c20-14-10-13(11-17-14)16(22)19-8-6-18(7-9-19)15(21)12-4-2-1-3-5-12/h12-13H,1-11H2,(H,17,20). The average molecular weight is 307 g/mol. The van der Waals surface area contributed by atoms with E-state index in [0.29, 0.717) is 39.1 Å². The first-order chi connectivity index (χ1) is 10.6. The van der Waals surface area contributed by atoms with Crippen molar-refractivity contribution in [2.45, 2.75) is 38.5 Å².